The number of halogens is 1. The maximum absolute atomic E-state index is 11.8. The molecule has 0 aliphatic carbocycles. The van der Waals surface area contributed by atoms with Gasteiger partial charge in [-0.05, 0) is 35.4 Å². The van der Waals surface area contributed by atoms with Gasteiger partial charge in [0.05, 0.1) is 26.4 Å². The van der Waals surface area contributed by atoms with Crippen molar-refractivity contribution < 1.29 is 18.6 Å². The Balaban J connectivity index is 1.82. The van der Waals surface area contributed by atoms with Gasteiger partial charge in [-0.3, -0.25) is 0 Å². The first-order valence-electron chi connectivity index (χ1n) is 8.43. The van der Waals surface area contributed by atoms with Gasteiger partial charge < -0.3 is 19.1 Å². The molecule has 0 atom stereocenters. The van der Waals surface area contributed by atoms with E-state index in [4.69, 9.17) is 14.2 Å². The van der Waals surface area contributed by atoms with Crippen LogP contribution in [-0.4, -0.2) is 53.8 Å². The summed E-state index contributed by atoms with van der Waals surface area (Å²) in [7, 11) is 4.06. The van der Waals surface area contributed by atoms with E-state index in [2.05, 4.69) is 35.2 Å². The van der Waals surface area contributed by atoms with Crippen molar-refractivity contribution in [1.29, 1.82) is 0 Å². The molecule has 0 aliphatic rings. The van der Waals surface area contributed by atoms with Crippen molar-refractivity contribution in [3.05, 3.63) is 48.5 Å². The molecule has 0 amide bonds. The van der Waals surface area contributed by atoms with Gasteiger partial charge in [-0.1, -0.05) is 24.3 Å². The first-order valence-corrected chi connectivity index (χ1v) is 8.43. The minimum absolute atomic E-state index is 0.127. The Kier molecular flexibility index (Phi) is 8.22. The summed E-state index contributed by atoms with van der Waals surface area (Å²) in [4.78, 5) is 2.08. The average Bonchev–Trinajstić information content (AvgIpc) is 2.64. The van der Waals surface area contributed by atoms with Gasteiger partial charge in [0.2, 0.25) is 0 Å². The molecule has 25 heavy (non-hydrogen) atoms. The molecule has 0 unspecified atom stereocenters. The van der Waals surface area contributed by atoms with Crippen LogP contribution in [0.1, 0.15) is 0 Å². The molecule has 0 heterocycles. The third-order valence-corrected chi connectivity index (χ3v) is 3.62. The predicted molar refractivity (Wildman–Crippen MR) is 99.3 cm³/mol. The Morgan fingerprint density at radius 2 is 1.44 bits per heavy atom. The Hall–Kier alpha value is -2.11. The van der Waals surface area contributed by atoms with Crippen molar-refractivity contribution in [2.24, 2.45) is 0 Å². The van der Waals surface area contributed by atoms with Crippen LogP contribution in [0.2, 0.25) is 0 Å². The third kappa shape index (κ3) is 6.72. The quantitative estimate of drug-likeness (QED) is 0.579. The molecule has 0 N–H and O–H groups in total. The van der Waals surface area contributed by atoms with Crippen molar-refractivity contribution in [2.45, 2.75) is 0 Å². The average molecular weight is 347 g/mol. The van der Waals surface area contributed by atoms with Crippen LogP contribution in [0, 0.1) is 0 Å². The fourth-order valence-corrected chi connectivity index (χ4v) is 2.32. The summed E-state index contributed by atoms with van der Waals surface area (Å²) in [6.45, 7) is 1.45. The number of hydrogen-bond acceptors (Lipinski definition) is 4. The zero-order chi connectivity index (χ0) is 17.9. The summed E-state index contributed by atoms with van der Waals surface area (Å²) in [5.41, 5.74) is 3.42. The summed E-state index contributed by atoms with van der Waals surface area (Å²) >= 11 is 0. The summed E-state index contributed by atoms with van der Waals surface area (Å²) in [5.74, 6) is 0.810. The van der Waals surface area contributed by atoms with Crippen LogP contribution in [0.5, 0.6) is 5.75 Å². The van der Waals surface area contributed by atoms with Crippen LogP contribution >= 0.6 is 0 Å². The van der Waals surface area contributed by atoms with E-state index in [-0.39, 0.29) is 6.61 Å². The molecule has 5 heteroatoms. The first-order chi connectivity index (χ1) is 12.2. The maximum atomic E-state index is 11.8. The number of alkyl halides is 1. The molecule has 0 radical (unpaired) electrons. The molecule has 4 nitrogen and oxygen atoms in total. The zero-order valence-corrected chi connectivity index (χ0v) is 14.9. The second-order valence-corrected chi connectivity index (χ2v) is 5.73. The van der Waals surface area contributed by atoms with Crippen molar-refractivity contribution in [3.8, 4) is 16.9 Å². The van der Waals surface area contributed by atoms with Crippen LogP contribution < -0.4 is 9.64 Å². The van der Waals surface area contributed by atoms with Crippen LogP contribution in [0.3, 0.4) is 0 Å². The van der Waals surface area contributed by atoms with Gasteiger partial charge in [-0.2, -0.15) is 0 Å². The molecule has 2 aromatic carbocycles. The predicted octanol–water partition coefficient (Wildman–Crippen LogP) is 3.80. The molecule has 136 valence electrons. The molecule has 0 saturated heterocycles. The smallest absolute Gasteiger partial charge is 0.120 e. The molecule has 0 spiro atoms. The van der Waals surface area contributed by atoms with Crippen LogP contribution in [-0.2, 0) is 9.47 Å². The lowest BCUT2D eigenvalue weighted by Gasteiger charge is -2.14. The van der Waals surface area contributed by atoms with Crippen molar-refractivity contribution in [3.63, 3.8) is 0 Å². The highest BCUT2D eigenvalue weighted by atomic mass is 19.1. The van der Waals surface area contributed by atoms with Gasteiger partial charge in [-0.15, -0.1) is 0 Å². The van der Waals surface area contributed by atoms with E-state index in [9.17, 15) is 4.39 Å². The Labute approximate surface area is 149 Å². The minimum atomic E-state index is -0.461. The topological polar surface area (TPSA) is 30.9 Å². The fourth-order valence-electron chi connectivity index (χ4n) is 2.32. The molecular formula is C20H26FNO3. The second kappa shape index (κ2) is 10.7. The van der Waals surface area contributed by atoms with E-state index in [1.54, 1.807) is 0 Å². The van der Waals surface area contributed by atoms with Gasteiger partial charge in [0, 0.05) is 19.8 Å². The summed E-state index contributed by atoms with van der Waals surface area (Å²) in [5, 5.41) is 0. The Bertz CT molecular complexity index is 634. The Morgan fingerprint density at radius 1 is 0.800 bits per heavy atom. The highest BCUT2D eigenvalue weighted by molar-refractivity contribution is 5.69. The molecule has 0 aliphatic heterocycles. The minimum Gasteiger partial charge on any atom is -0.491 e. The van der Waals surface area contributed by atoms with Crippen LogP contribution in [0.4, 0.5) is 10.1 Å². The highest BCUT2D eigenvalue weighted by Gasteiger charge is 2.03. The number of ether oxygens (including phenoxy) is 3. The van der Waals surface area contributed by atoms with Gasteiger partial charge in [-0.25, -0.2) is 4.39 Å². The van der Waals surface area contributed by atoms with E-state index in [0.717, 1.165) is 22.6 Å². The SMILES string of the molecule is CN(C)c1cccc(-c2cccc(OCCOCCOCCF)c2)c1. The molecular weight excluding hydrogens is 321 g/mol. The van der Waals surface area contributed by atoms with E-state index in [1.807, 2.05) is 32.3 Å². The summed E-state index contributed by atoms with van der Waals surface area (Å²) < 4.78 is 28.0. The number of nitrogens with zero attached hydrogens (tertiary/aromatic N) is 1. The highest BCUT2D eigenvalue weighted by Crippen LogP contribution is 2.26. The van der Waals surface area contributed by atoms with Gasteiger partial charge in [0.15, 0.2) is 0 Å². The number of benzene rings is 2. The molecule has 2 rings (SSSR count). The van der Waals surface area contributed by atoms with Gasteiger partial charge in [0.1, 0.15) is 19.0 Å². The lowest BCUT2D eigenvalue weighted by molar-refractivity contribution is 0.0325. The Morgan fingerprint density at radius 3 is 2.16 bits per heavy atom. The fraction of sp³-hybridized carbons (Fsp3) is 0.400. The summed E-state index contributed by atoms with van der Waals surface area (Å²) in [6, 6.07) is 16.4. The molecule has 0 bridgehead atoms. The molecule has 2 aromatic rings. The number of rotatable bonds is 11. The standard InChI is InChI=1S/C20H26FNO3/c1-22(2)19-7-3-5-17(15-19)18-6-4-8-20(16-18)25-14-13-24-12-11-23-10-9-21/h3-8,15-16H,9-14H2,1-2H3. The van der Waals surface area contributed by atoms with Gasteiger partial charge in [0.25, 0.3) is 0 Å². The summed E-state index contributed by atoms with van der Waals surface area (Å²) in [6.07, 6.45) is 0. The number of hydrogen-bond donors (Lipinski definition) is 0. The molecule has 0 fully saturated rings. The van der Waals surface area contributed by atoms with E-state index in [0.29, 0.717) is 26.4 Å². The third-order valence-electron chi connectivity index (χ3n) is 3.62. The second-order valence-electron chi connectivity index (χ2n) is 5.73. The normalized spacial score (nSPS) is 10.7. The first kappa shape index (κ1) is 19.2. The number of anilines is 1. The van der Waals surface area contributed by atoms with E-state index < -0.39 is 6.67 Å². The van der Waals surface area contributed by atoms with Gasteiger partial charge >= 0.3 is 0 Å². The lowest BCUT2D eigenvalue weighted by Crippen LogP contribution is -2.11. The largest absolute Gasteiger partial charge is 0.491 e. The lowest BCUT2D eigenvalue weighted by atomic mass is 10.0. The van der Waals surface area contributed by atoms with Crippen molar-refractivity contribution in [1.82, 2.24) is 0 Å². The molecule has 0 aromatic heterocycles. The maximum Gasteiger partial charge on any atom is 0.120 e. The molecule has 0 saturated carbocycles. The van der Waals surface area contributed by atoms with E-state index >= 15 is 0 Å². The van der Waals surface area contributed by atoms with E-state index in [1.165, 1.54) is 0 Å². The van der Waals surface area contributed by atoms with Crippen molar-refractivity contribution in [2.75, 3.05) is 58.7 Å². The zero-order valence-electron chi connectivity index (χ0n) is 14.9. The van der Waals surface area contributed by atoms with Crippen LogP contribution in [0.25, 0.3) is 11.1 Å². The van der Waals surface area contributed by atoms with Crippen LogP contribution in [0.15, 0.2) is 48.5 Å². The monoisotopic (exact) mass is 347 g/mol. The van der Waals surface area contributed by atoms with Crippen molar-refractivity contribution >= 4 is 5.69 Å².